The van der Waals surface area contributed by atoms with Crippen LogP contribution in [0.25, 0.3) is 0 Å². The van der Waals surface area contributed by atoms with Crippen molar-refractivity contribution >= 4 is 0 Å². The van der Waals surface area contributed by atoms with Gasteiger partial charge in [0.25, 0.3) is 0 Å². The molecule has 0 atom stereocenters. The van der Waals surface area contributed by atoms with E-state index in [1.54, 1.807) is 0 Å². The van der Waals surface area contributed by atoms with Crippen molar-refractivity contribution in [2.75, 3.05) is 19.8 Å². The van der Waals surface area contributed by atoms with Crippen molar-refractivity contribution in [3.63, 3.8) is 0 Å². The Bertz CT molecular complexity index is 113. The fraction of sp³-hybridized carbons (Fsp3) is 1.00. The minimum atomic E-state index is -0.401. The molecule has 0 amide bonds. The molecule has 0 aromatic rings. The Morgan fingerprint density at radius 2 is 2.00 bits per heavy atom. The van der Waals surface area contributed by atoms with Crippen LogP contribution < -0.4 is 5.73 Å². The summed E-state index contributed by atoms with van der Waals surface area (Å²) in [6, 6.07) is 0. The summed E-state index contributed by atoms with van der Waals surface area (Å²) in [7, 11) is 0. The van der Waals surface area contributed by atoms with E-state index in [-0.39, 0.29) is 12.2 Å². The van der Waals surface area contributed by atoms with Gasteiger partial charge in [-0.3, -0.25) is 0 Å². The predicted molar refractivity (Wildman–Crippen MR) is 42.2 cm³/mol. The zero-order chi connectivity index (χ0) is 8.16. The fourth-order valence-electron chi connectivity index (χ4n) is 1.68. The minimum Gasteiger partial charge on any atom is -0.371 e. The monoisotopic (exact) mass is 161 g/mol. The zero-order valence-corrected chi connectivity index (χ0v) is 6.81. The van der Waals surface area contributed by atoms with Crippen molar-refractivity contribution in [3.8, 4) is 0 Å². The van der Waals surface area contributed by atoms with Crippen molar-refractivity contribution in [1.29, 1.82) is 0 Å². The summed E-state index contributed by atoms with van der Waals surface area (Å²) in [5.74, 6) is 0. The molecule has 11 heavy (non-hydrogen) atoms. The Hall–Kier alpha value is -0.150. The SMILES string of the molecule is NCC1(OCCF)CCCC1. The molecule has 0 aromatic heterocycles. The summed E-state index contributed by atoms with van der Waals surface area (Å²) in [6.45, 7) is 0.339. The molecule has 66 valence electrons. The third-order valence-electron chi connectivity index (χ3n) is 2.37. The molecule has 0 spiro atoms. The van der Waals surface area contributed by atoms with Gasteiger partial charge in [0, 0.05) is 6.54 Å². The average Bonchev–Trinajstić information content (AvgIpc) is 2.50. The van der Waals surface area contributed by atoms with Crippen molar-refractivity contribution < 1.29 is 9.13 Å². The molecule has 1 aliphatic carbocycles. The van der Waals surface area contributed by atoms with E-state index < -0.39 is 6.67 Å². The van der Waals surface area contributed by atoms with Gasteiger partial charge >= 0.3 is 0 Å². The second-order valence-electron chi connectivity index (χ2n) is 3.13. The molecule has 0 heterocycles. The second-order valence-corrected chi connectivity index (χ2v) is 3.13. The fourth-order valence-corrected chi connectivity index (χ4v) is 1.68. The van der Waals surface area contributed by atoms with Gasteiger partial charge in [0.1, 0.15) is 6.67 Å². The van der Waals surface area contributed by atoms with E-state index in [2.05, 4.69) is 0 Å². The van der Waals surface area contributed by atoms with E-state index in [1.165, 1.54) is 12.8 Å². The Morgan fingerprint density at radius 1 is 1.36 bits per heavy atom. The van der Waals surface area contributed by atoms with Gasteiger partial charge in [0.2, 0.25) is 0 Å². The first-order chi connectivity index (χ1) is 5.33. The van der Waals surface area contributed by atoms with Gasteiger partial charge in [-0.15, -0.1) is 0 Å². The molecule has 0 saturated heterocycles. The van der Waals surface area contributed by atoms with Crippen LogP contribution in [0.15, 0.2) is 0 Å². The normalized spacial score (nSPS) is 22.4. The molecule has 2 N–H and O–H groups in total. The molecule has 1 fully saturated rings. The minimum absolute atomic E-state index is 0.175. The largest absolute Gasteiger partial charge is 0.371 e. The highest BCUT2D eigenvalue weighted by molar-refractivity contribution is 4.87. The highest BCUT2D eigenvalue weighted by Crippen LogP contribution is 2.31. The number of halogens is 1. The van der Waals surface area contributed by atoms with Gasteiger partial charge in [0.05, 0.1) is 12.2 Å². The molecule has 3 heteroatoms. The summed E-state index contributed by atoms with van der Waals surface area (Å²) in [4.78, 5) is 0. The summed E-state index contributed by atoms with van der Waals surface area (Å²) in [6.07, 6.45) is 4.35. The third kappa shape index (κ3) is 2.14. The quantitative estimate of drug-likeness (QED) is 0.673. The molecule has 0 aliphatic heterocycles. The van der Waals surface area contributed by atoms with Crippen LogP contribution in [-0.2, 0) is 4.74 Å². The van der Waals surface area contributed by atoms with E-state index in [4.69, 9.17) is 10.5 Å². The van der Waals surface area contributed by atoms with Gasteiger partial charge < -0.3 is 10.5 Å². The number of nitrogens with two attached hydrogens (primary N) is 1. The first kappa shape index (κ1) is 8.94. The molecule has 0 aromatic carbocycles. The molecule has 0 bridgehead atoms. The van der Waals surface area contributed by atoms with Gasteiger partial charge in [-0.2, -0.15) is 0 Å². The lowest BCUT2D eigenvalue weighted by Gasteiger charge is -2.26. The van der Waals surface area contributed by atoms with Crippen LogP contribution in [0, 0.1) is 0 Å². The van der Waals surface area contributed by atoms with E-state index in [1.807, 2.05) is 0 Å². The summed E-state index contributed by atoms with van der Waals surface area (Å²) >= 11 is 0. The maximum Gasteiger partial charge on any atom is 0.113 e. The smallest absolute Gasteiger partial charge is 0.113 e. The van der Waals surface area contributed by atoms with E-state index in [0.717, 1.165) is 12.8 Å². The first-order valence-electron chi connectivity index (χ1n) is 4.23. The van der Waals surface area contributed by atoms with Crippen LogP contribution in [0.2, 0.25) is 0 Å². The van der Waals surface area contributed by atoms with Crippen LogP contribution in [0.3, 0.4) is 0 Å². The topological polar surface area (TPSA) is 35.2 Å². The molecular weight excluding hydrogens is 145 g/mol. The maximum atomic E-state index is 11.8. The maximum absolute atomic E-state index is 11.8. The standard InChI is InChI=1S/C8H16FNO/c9-5-6-11-8(7-10)3-1-2-4-8/h1-7,10H2. The van der Waals surface area contributed by atoms with Gasteiger partial charge in [0.15, 0.2) is 0 Å². The van der Waals surface area contributed by atoms with E-state index in [0.29, 0.717) is 6.54 Å². The van der Waals surface area contributed by atoms with Crippen LogP contribution >= 0.6 is 0 Å². The van der Waals surface area contributed by atoms with Crippen LogP contribution in [0.5, 0.6) is 0 Å². The molecule has 1 aliphatic rings. The highest BCUT2D eigenvalue weighted by Gasteiger charge is 2.32. The summed E-state index contributed by atoms with van der Waals surface area (Å²) < 4.78 is 17.2. The first-order valence-corrected chi connectivity index (χ1v) is 4.23. The van der Waals surface area contributed by atoms with Gasteiger partial charge in [-0.05, 0) is 12.8 Å². The third-order valence-corrected chi connectivity index (χ3v) is 2.37. The summed E-state index contributed by atoms with van der Waals surface area (Å²) in [5.41, 5.74) is 5.39. The Kier molecular flexibility index (Phi) is 3.27. The van der Waals surface area contributed by atoms with Crippen molar-refractivity contribution in [1.82, 2.24) is 0 Å². The lowest BCUT2D eigenvalue weighted by atomic mass is 10.0. The predicted octanol–water partition coefficient (Wildman–Crippen LogP) is 1.24. The van der Waals surface area contributed by atoms with Crippen molar-refractivity contribution in [3.05, 3.63) is 0 Å². The average molecular weight is 161 g/mol. The van der Waals surface area contributed by atoms with Crippen molar-refractivity contribution in [2.45, 2.75) is 31.3 Å². The number of alkyl halides is 1. The highest BCUT2D eigenvalue weighted by atomic mass is 19.1. The van der Waals surface area contributed by atoms with Gasteiger partial charge in [-0.25, -0.2) is 4.39 Å². The molecule has 0 radical (unpaired) electrons. The number of hydrogen-bond acceptors (Lipinski definition) is 2. The number of hydrogen-bond donors (Lipinski definition) is 1. The summed E-state index contributed by atoms with van der Waals surface area (Å²) in [5, 5.41) is 0. The van der Waals surface area contributed by atoms with Crippen molar-refractivity contribution in [2.24, 2.45) is 5.73 Å². The van der Waals surface area contributed by atoms with E-state index in [9.17, 15) is 4.39 Å². The molecule has 2 nitrogen and oxygen atoms in total. The number of rotatable bonds is 4. The molecular formula is C8H16FNO. The molecule has 0 unspecified atom stereocenters. The number of ether oxygens (including phenoxy) is 1. The molecule has 1 saturated carbocycles. The zero-order valence-electron chi connectivity index (χ0n) is 6.81. The van der Waals surface area contributed by atoms with Crippen LogP contribution in [-0.4, -0.2) is 25.4 Å². The van der Waals surface area contributed by atoms with E-state index >= 15 is 0 Å². The lowest BCUT2D eigenvalue weighted by Crippen LogP contribution is -2.38. The Balaban J connectivity index is 2.33. The lowest BCUT2D eigenvalue weighted by molar-refractivity contribution is -0.0384. The Morgan fingerprint density at radius 3 is 2.45 bits per heavy atom. The molecule has 1 rings (SSSR count). The van der Waals surface area contributed by atoms with Crippen LogP contribution in [0.4, 0.5) is 4.39 Å². The van der Waals surface area contributed by atoms with Crippen LogP contribution in [0.1, 0.15) is 25.7 Å². The Labute approximate surface area is 66.9 Å². The van der Waals surface area contributed by atoms with Gasteiger partial charge in [-0.1, -0.05) is 12.8 Å². The second kappa shape index (κ2) is 4.02.